The molecule has 1 heterocycles. The fraction of sp³-hybridized carbons (Fsp3) is 0.467. The quantitative estimate of drug-likeness (QED) is 0.624. The Kier molecular flexibility index (Phi) is 4.61. The van der Waals surface area contributed by atoms with E-state index in [9.17, 15) is 9.59 Å². The number of fused-ring (bicyclic) bond motifs is 1. The average Bonchev–Trinajstić information content (AvgIpc) is 2.70. The Morgan fingerprint density at radius 1 is 1.25 bits per heavy atom. The summed E-state index contributed by atoms with van der Waals surface area (Å²) < 4.78 is 15.6. The maximum atomic E-state index is 12.3. The Labute approximate surface area is 117 Å². The van der Waals surface area contributed by atoms with Crippen LogP contribution in [0.1, 0.15) is 30.1 Å². The number of benzene rings is 1. The molecule has 0 aliphatic carbocycles. The molecule has 0 fully saturated rings. The van der Waals surface area contributed by atoms with Crippen LogP contribution in [0.4, 0.5) is 0 Å². The lowest BCUT2D eigenvalue weighted by Gasteiger charge is -2.12. The summed E-state index contributed by atoms with van der Waals surface area (Å²) in [6, 6.07) is 5.11. The summed E-state index contributed by atoms with van der Waals surface area (Å²) in [6.07, 6.45) is 0.889. The highest BCUT2D eigenvalue weighted by Crippen LogP contribution is 2.31. The molecule has 1 unspecified atom stereocenters. The van der Waals surface area contributed by atoms with Crippen molar-refractivity contribution >= 4 is 11.8 Å². The molecule has 1 aliphatic heterocycles. The van der Waals surface area contributed by atoms with Gasteiger partial charge < -0.3 is 14.2 Å². The topological polar surface area (TPSA) is 61.8 Å². The number of hydrogen-bond acceptors (Lipinski definition) is 5. The van der Waals surface area contributed by atoms with Gasteiger partial charge >= 0.3 is 5.97 Å². The first-order valence-electron chi connectivity index (χ1n) is 6.62. The van der Waals surface area contributed by atoms with Gasteiger partial charge in [0, 0.05) is 17.9 Å². The van der Waals surface area contributed by atoms with Crippen molar-refractivity contribution < 1.29 is 23.8 Å². The van der Waals surface area contributed by atoms with Crippen LogP contribution in [-0.2, 0) is 9.53 Å². The summed E-state index contributed by atoms with van der Waals surface area (Å²) in [5.74, 6) is 0.316. The van der Waals surface area contributed by atoms with E-state index in [-0.39, 0.29) is 18.2 Å². The van der Waals surface area contributed by atoms with Crippen molar-refractivity contribution in [1.29, 1.82) is 0 Å². The van der Waals surface area contributed by atoms with Crippen molar-refractivity contribution in [3.63, 3.8) is 0 Å². The van der Waals surface area contributed by atoms with Crippen LogP contribution in [0.3, 0.4) is 0 Å². The number of carbonyl (C=O) groups is 2. The number of hydrogen-bond donors (Lipinski definition) is 0. The number of Topliss-reactive ketones (excluding diaryl/α,β-unsaturated/α-hetero) is 1. The van der Waals surface area contributed by atoms with Crippen molar-refractivity contribution in [2.24, 2.45) is 5.92 Å². The van der Waals surface area contributed by atoms with Crippen molar-refractivity contribution in [3.8, 4) is 11.5 Å². The smallest absolute Gasteiger partial charge is 0.306 e. The summed E-state index contributed by atoms with van der Waals surface area (Å²) in [5, 5.41) is 0. The number of ketones is 1. The van der Waals surface area contributed by atoms with Gasteiger partial charge in [0.2, 0.25) is 0 Å². The van der Waals surface area contributed by atoms with Gasteiger partial charge in [-0.25, -0.2) is 0 Å². The number of esters is 1. The third-order valence-corrected chi connectivity index (χ3v) is 3.18. The highest BCUT2D eigenvalue weighted by atomic mass is 16.5. The van der Waals surface area contributed by atoms with Gasteiger partial charge in [0.05, 0.1) is 26.7 Å². The van der Waals surface area contributed by atoms with E-state index in [1.165, 1.54) is 7.11 Å². The third-order valence-electron chi connectivity index (χ3n) is 3.18. The summed E-state index contributed by atoms with van der Waals surface area (Å²) in [7, 11) is 1.31. The van der Waals surface area contributed by atoms with Gasteiger partial charge in [-0.05, 0) is 18.2 Å². The van der Waals surface area contributed by atoms with E-state index in [4.69, 9.17) is 9.47 Å². The molecule has 1 atom stereocenters. The first kappa shape index (κ1) is 14.4. The summed E-state index contributed by atoms with van der Waals surface area (Å²) in [5.41, 5.74) is 0.519. The van der Waals surface area contributed by atoms with E-state index in [1.807, 2.05) is 0 Å². The number of rotatable bonds is 4. The van der Waals surface area contributed by atoms with E-state index in [2.05, 4.69) is 4.74 Å². The molecule has 5 heteroatoms. The Balaban J connectivity index is 2.14. The molecular formula is C15H18O5. The number of carbonyl (C=O) groups excluding carboxylic acids is 2. The fourth-order valence-electron chi connectivity index (χ4n) is 2.03. The minimum atomic E-state index is -0.424. The fourth-order valence-corrected chi connectivity index (χ4v) is 2.03. The Morgan fingerprint density at radius 3 is 2.65 bits per heavy atom. The molecule has 0 saturated heterocycles. The van der Waals surface area contributed by atoms with E-state index < -0.39 is 5.92 Å². The normalized spacial score (nSPS) is 15.1. The lowest BCUT2D eigenvalue weighted by atomic mass is 9.96. The van der Waals surface area contributed by atoms with Crippen molar-refractivity contribution in [3.05, 3.63) is 23.8 Å². The van der Waals surface area contributed by atoms with Gasteiger partial charge in [-0.3, -0.25) is 9.59 Å². The Hall–Kier alpha value is -2.04. The SMILES string of the molecule is COC(=O)CC(C)C(=O)c1ccc2c(c1)OCCCO2. The third kappa shape index (κ3) is 3.29. The molecule has 1 aliphatic rings. The Bertz CT molecular complexity index is 509. The molecule has 0 spiro atoms. The van der Waals surface area contributed by atoms with Crippen LogP contribution < -0.4 is 9.47 Å². The van der Waals surface area contributed by atoms with Crippen LogP contribution in [-0.4, -0.2) is 32.1 Å². The molecular weight excluding hydrogens is 260 g/mol. The van der Waals surface area contributed by atoms with Gasteiger partial charge in [-0.15, -0.1) is 0 Å². The minimum Gasteiger partial charge on any atom is -0.490 e. The summed E-state index contributed by atoms with van der Waals surface area (Å²) in [4.78, 5) is 23.5. The van der Waals surface area contributed by atoms with Crippen LogP contribution in [0.15, 0.2) is 18.2 Å². The molecule has 0 saturated carbocycles. The predicted molar refractivity (Wildman–Crippen MR) is 72.2 cm³/mol. The lowest BCUT2D eigenvalue weighted by Crippen LogP contribution is -2.16. The van der Waals surface area contributed by atoms with Gasteiger partial charge in [-0.1, -0.05) is 6.92 Å². The summed E-state index contributed by atoms with van der Waals surface area (Å²) in [6.45, 7) is 2.89. The van der Waals surface area contributed by atoms with Gasteiger partial charge in [0.15, 0.2) is 17.3 Å². The largest absolute Gasteiger partial charge is 0.490 e. The second kappa shape index (κ2) is 6.41. The van der Waals surface area contributed by atoms with E-state index in [1.54, 1.807) is 25.1 Å². The molecule has 0 amide bonds. The molecule has 20 heavy (non-hydrogen) atoms. The van der Waals surface area contributed by atoms with E-state index in [0.29, 0.717) is 30.3 Å². The van der Waals surface area contributed by atoms with Crippen LogP contribution in [0.2, 0.25) is 0 Å². The van der Waals surface area contributed by atoms with Crippen molar-refractivity contribution in [1.82, 2.24) is 0 Å². The van der Waals surface area contributed by atoms with E-state index in [0.717, 1.165) is 6.42 Å². The second-order valence-electron chi connectivity index (χ2n) is 4.76. The average molecular weight is 278 g/mol. The van der Waals surface area contributed by atoms with Gasteiger partial charge in [-0.2, -0.15) is 0 Å². The zero-order chi connectivity index (χ0) is 14.5. The molecule has 1 aromatic carbocycles. The standard InChI is InChI=1S/C15H18O5/c1-10(8-14(16)18-2)15(17)11-4-5-12-13(9-11)20-7-3-6-19-12/h4-5,9-10H,3,6-8H2,1-2H3. The highest BCUT2D eigenvalue weighted by molar-refractivity contribution is 5.99. The molecule has 1 aromatic rings. The Morgan fingerprint density at radius 2 is 1.95 bits per heavy atom. The molecule has 0 bridgehead atoms. The minimum absolute atomic E-state index is 0.0732. The summed E-state index contributed by atoms with van der Waals surface area (Å²) >= 11 is 0. The molecule has 0 aromatic heterocycles. The van der Waals surface area contributed by atoms with Crippen molar-refractivity contribution in [2.75, 3.05) is 20.3 Å². The van der Waals surface area contributed by atoms with Crippen molar-refractivity contribution in [2.45, 2.75) is 19.8 Å². The lowest BCUT2D eigenvalue weighted by molar-refractivity contribution is -0.141. The first-order valence-corrected chi connectivity index (χ1v) is 6.62. The zero-order valence-electron chi connectivity index (χ0n) is 11.7. The highest BCUT2D eigenvalue weighted by Gasteiger charge is 2.21. The molecule has 0 radical (unpaired) electrons. The van der Waals surface area contributed by atoms with Crippen LogP contribution in [0.25, 0.3) is 0 Å². The van der Waals surface area contributed by atoms with Crippen LogP contribution >= 0.6 is 0 Å². The second-order valence-corrected chi connectivity index (χ2v) is 4.76. The maximum absolute atomic E-state index is 12.3. The van der Waals surface area contributed by atoms with Crippen LogP contribution in [0.5, 0.6) is 11.5 Å². The van der Waals surface area contributed by atoms with Gasteiger partial charge in [0.1, 0.15) is 0 Å². The molecule has 5 nitrogen and oxygen atoms in total. The first-order chi connectivity index (χ1) is 9.61. The number of methoxy groups -OCH3 is 1. The van der Waals surface area contributed by atoms with Gasteiger partial charge in [0.25, 0.3) is 0 Å². The molecule has 2 rings (SSSR count). The predicted octanol–water partition coefficient (Wildman–Crippen LogP) is 2.23. The number of ether oxygens (including phenoxy) is 3. The van der Waals surface area contributed by atoms with Crippen LogP contribution in [0, 0.1) is 5.92 Å². The monoisotopic (exact) mass is 278 g/mol. The maximum Gasteiger partial charge on any atom is 0.306 e. The molecule has 0 N–H and O–H groups in total. The van der Waals surface area contributed by atoms with E-state index >= 15 is 0 Å². The zero-order valence-corrected chi connectivity index (χ0v) is 11.7. The molecule has 108 valence electrons.